The van der Waals surface area contributed by atoms with E-state index in [0.717, 1.165) is 21.4 Å². The van der Waals surface area contributed by atoms with Crippen LogP contribution in [0, 0.1) is 5.82 Å². The van der Waals surface area contributed by atoms with Gasteiger partial charge in [-0.2, -0.15) is 0 Å². The Morgan fingerprint density at radius 3 is 2.90 bits per heavy atom. The lowest BCUT2D eigenvalue weighted by Gasteiger charge is -2.10. The van der Waals surface area contributed by atoms with Gasteiger partial charge in [-0.05, 0) is 42.0 Å². The molecule has 106 valence electrons. The molecule has 2 aromatic carbocycles. The van der Waals surface area contributed by atoms with Crippen LogP contribution in [0.15, 0.2) is 65.7 Å². The van der Waals surface area contributed by atoms with Crippen molar-refractivity contribution in [2.24, 2.45) is 0 Å². The Hall–Kier alpha value is -2.14. The molecule has 0 amide bonds. The third kappa shape index (κ3) is 3.31. The molecule has 5 heteroatoms. The van der Waals surface area contributed by atoms with Crippen LogP contribution in [0.2, 0.25) is 0 Å². The summed E-state index contributed by atoms with van der Waals surface area (Å²) in [5, 5.41) is 3.30. The first-order valence-electron chi connectivity index (χ1n) is 6.48. The van der Waals surface area contributed by atoms with Crippen molar-refractivity contribution in [3.05, 3.63) is 77.0 Å². The first-order valence-corrected chi connectivity index (χ1v) is 7.28. The van der Waals surface area contributed by atoms with E-state index >= 15 is 0 Å². The van der Waals surface area contributed by atoms with E-state index < -0.39 is 0 Å². The van der Waals surface area contributed by atoms with Crippen LogP contribution < -0.4 is 5.32 Å². The zero-order valence-electron chi connectivity index (χ0n) is 11.1. The van der Waals surface area contributed by atoms with Gasteiger partial charge in [0, 0.05) is 34.8 Å². The summed E-state index contributed by atoms with van der Waals surface area (Å²) in [7, 11) is 0. The molecule has 3 rings (SSSR count). The zero-order valence-corrected chi connectivity index (χ0v) is 12.7. The summed E-state index contributed by atoms with van der Waals surface area (Å²) in [6.45, 7) is 0.547. The standard InChI is InChI=1S/C16H13BrFN3/c17-16-5-4-13(18)8-12(16)10-20-14-2-1-3-15(9-14)21-7-6-19-11-21/h1-9,11,20H,10H2. The Kier molecular flexibility index (Phi) is 4.01. The Bertz CT molecular complexity index is 741. The molecule has 3 nitrogen and oxygen atoms in total. The summed E-state index contributed by atoms with van der Waals surface area (Å²) in [5.41, 5.74) is 2.87. The molecule has 0 bridgehead atoms. The highest BCUT2D eigenvalue weighted by Gasteiger charge is 2.03. The fraction of sp³-hybridized carbons (Fsp3) is 0.0625. The predicted molar refractivity (Wildman–Crippen MR) is 85.0 cm³/mol. The fourth-order valence-electron chi connectivity index (χ4n) is 2.06. The van der Waals surface area contributed by atoms with E-state index in [-0.39, 0.29) is 5.82 Å². The van der Waals surface area contributed by atoms with E-state index in [1.54, 1.807) is 18.6 Å². The Morgan fingerprint density at radius 2 is 2.10 bits per heavy atom. The van der Waals surface area contributed by atoms with E-state index in [1.165, 1.54) is 12.1 Å². The number of hydrogen-bond donors (Lipinski definition) is 1. The van der Waals surface area contributed by atoms with Crippen LogP contribution in [0.3, 0.4) is 0 Å². The molecular formula is C16H13BrFN3. The second kappa shape index (κ2) is 6.10. The van der Waals surface area contributed by atoms with Crippen molar-refractivity contribution in [2.45, 2.75) is 6.54 Å². The molecule has 0 radical (unpaired) electrons. The maximum Gasteiger partial charge on any atom is 0.123 e. The van der Waals surface area contributed by atoms with Crippen LogP contribution in [0.1, 0.15) is 5.56 Å². The van der Waals surface area contributed by atoms with Crippen molar-refractivity contribution < 1.29 is 4.39 Å². The molecule has 0 saturated carbocycles. The van der Waals surface area contributed by atoms with Crippen LogP contribution in [-0.4, -0.2) is 9.55 Å². The first-order chi connectivity index (χ1) is 10.2. The summed E-state index contributed by atoms with van der Waals surface area (Å²) in [6.07, 6.45) is 5.38. The van der Waals surface area contributed by atoms with E-state index in [1.807, 2.05) is 35.0 Å². The van der Waals surface area contributed by atoms with Crippen molar-refractivity contribution in [1.29, 1.82) is 0 Å². The molecule has 0 unspecified atom stereocenters. The van der Waals surface area contributed by atoms with E-state index in [2.05, 4.69) is 26.2 Å². The molecule has 0 fully saturated rings. The number of aromatic nitrogens is 2. The summed E-state index contributed by atoms with van der Waals surface area (Å²) in [4.78, 5) is 4.04. The molecule has 0 aliphatic rings. The molecule has 0 atom stereocenters. The summed E-state index contributed by atoms with van der Waals surface area (Å²) < 4.78 is 16.1. The molecule has 0 aliphatic heterocycles. The van der Waals surface area contributed by atoms with Crippen LogP contribution in [0.25, 0.3) is 5.69 Å². The number of halogens is 2. The maximum atomic E-state index is 13.3. The molecular weight excluding hydrogens is 333 g/mol. The molecule has 0 saturated heterocycles. The van der Waals surface area contributed by atoms with E-state index in [0.29, 0.717) is 6.54 Å². The smallest absolute Gasteiger partial charge is 0.123 e. The highest BCUT2D eigenvalue weighted by atomic mass is 79.9. The van der Waals surface area contributed by atoms with Gasteiger partial charge in [-0.15, -0.1) is 0 Å². The van der Waals surface area contributed by atoms with Crippen molar-refractivity contribution >= 4 is 21.6 Å². The topological polar surface area (TPSA) is 29.9 Å². The van der Waals surface area contributed by atoms with Gasteiger partial charge < -0.3 is 9.88 Å². The van der Waals surface area contributed by atoms with Gasteiger partial charge in [-0.1, -0.05) is 22.0 Å². The minimum absolute atomic E-state index is 0.234. The van der Waals surface area contributed by atoms with Gasteiger partial charge >= 0.3 is 0 Å². The number of nitrogens with zero attached hydrogens (tertiary/aromatic N) is 2. The molecule has 0 aliphatic carbocycles. The highest BCUT2D eigenvalue weighted by Crippen LogP contribution is 2.20. The number of imidazole rings is 1. The van der Waals surface area contributed by atoms with E-state index in [4.69, 9.17) is 0 Å². The lowest BCUT2D eigenvalue weighted by Crippen LogP contribution is -2.01. The SMILES string of the molecule is Fc1ccc(Br)c(CNc2cccc(-n3ccnc3)c2)c1. The van der Waals surface area contributed by atoms with Crippen LogP contribution in [-0.2, 0) is 6.54 Å². The highest BCUT2D eigenvalue weighted by molar-refractivity contribution is 9.10. The fourth-order valence-corrected chi connectivity index (χ4v) is 2.45. The first kappa shape index (κ1) is 13.8. The number of anilines is 1. The van der Waals surface area contributed by atoms with Gasteiger partial charge in [0.1, 0.15) is 5.82 Å². The average Bonchev–Trinajstić information content (AvgIpc) is 3.03. The minimum atomic E-state index is -0.234. The molecule has 0 spiro atoms. The zero-order chi connectivity index (χ0) is 14.7. The van der Waals surface area contributed by atoms with Crippen LogP contribution in [0.4, 0.5) is 10.1 Å². The van der Waals surface area contributed by atoms with Crippen molar-refractivity contribution in [3.8, 4) is 5.69 Å². The normalized spacial score (nSPS) is 10.6. The van der Waals surface area contributed by atoms with Crippen LogP contribution in [0.5, 0.6) is 0 Å². The van der Waals surface area contributed by atoms with Crippen molar-refractivity contribution in [3.63, 3.8) is 0 Å². The average molecular weight is 346 g/mol. The number of nitrogens with one attached hydrogen (secondary N) is 1. The summed E-state index contributed by atoms with van der Waals surface area (Å²) in [5.74, 6) is -0.234. The Labute approximate surface area is 130 Å². The molecule has 1 heterocycles. The maximum absolute atomic E-state index is 13.3. The molecule has 1 aromatic heterocycles. The molecule has 3 aromatic rings. The lowest BCUT2D eigenvalue weighted by molar-refractivity contribution is 0.625. The van der Waals surface area contributed by atoms with E-state index in [9.17, 15) is 4.39 Å². The number of hydrogen-bond acceptors (Lipinski definition) is 2. The van der Waals surface area contributed by atoms with Gasteiger partial charge in [0.25, 0.3) is 0 Å². The Morgan fingerprint density at radius 1 is 1.19 bits per heavy atom. The Balaban J connectivity index is 1.76. The third-order valence-corrected chi connectivity index (χ3v) is 3.91. The quantitative estimate of drug-likeness (QED) is 0.760. The number of benzene rings is 2. The van der Waals surface area contributed by atoms with Crippen LogP contribution >= 0.6 is 15.9 Å². The predicted octanol–water partition coefficient (Wildman–Crippen LogP) is 4.39. The molecule has 1 N–H and O–H groups in total. The van der Waals surface area contributed by atoms with Gasteiger partial charge in [-0.25, -0.2) is 9.37 Å². The number of rotatable bonds is 4. The second-order valence-electron chi connectivity index (χ2n) is 4.61. The van der Waals surface area contributed by atoms with Gasteiger partial charge in [0.2, 0.25) is 0 Å². The molecule has 21 heavy (non-hydrogen) atoms. The van der Waals surface area contributed by atoms with Gasteiger partial charge in [0.05, 0.1) is 6.33 Å². The minimum Gasteiger partial charge on any atom is -0.381 e. The van der Waals surface area contributed by atoms with Gasteiger partial charge in [0.15, 0.2) is 0 Å². The monoisotopic (exact) mass is 345 g/mol. The third-order valence-electron chi connectivity index (χ3n) is 3.14. The lowest BCUT2D eigenvalue weighted by atomic mass is 10.2. The van der Waals surface area contributed by atoms with Gasteiger partial charge in [-0.3, -0.25) is 0 Å². The second-order valence-corrected chi connectivity index (χ2v) is 5.46. The largest absolute Gasteiger partial charge is 0.381 e. The summed E-state index contributed by atoms with van der Waals surface area (Å²) in [6, 6.07) is 12.7. The van der Waals surface area contributed by atoms with Crippen molar-refractivity contribution in [2.75, 3.05) is 5.32 Å². The van der Waals surface area contributed by atoms with Crippen molar-refractivity contribution in [1.82, 2.24) is 9.55 Å². The summed E-state index contributed by atoms with van der Waals surface area (Å²) >= 11 is 3.43.